The standard InChI is InChI=1S/C21H19ClN2O2/c22-17-11-12-20(19(23)15-17)24(14-13-16-7-3-1-4-8-16)21(25)26-18-9-5-2-6-10-18/h1-12,15H,13-14,23H2. The number of para-hydroxylation sites is 1. The fraction of sp³-hybridized carbons (Fsp3) is 0.0952. The van der Waals surface area contributed by atoms with E-state index in [1.54, 1.807) is 30.3 Å². The van der Waals surface area contributed by atoms with E-state index in [1.807, 2.05) is 48.5 Å². The zero-order valence-corrected chi connectivity index (χ0v) is 14.9. The number of carbonyl (C=O) groups excluding carboxylic acids is 1. The van der Waals surface area contributed by atoms with Crippen molar-refractivity contribution >= 4 is 29.1 Å². The third-order valence-electron chi connectivity index (χ3n) is 3.92. The lowest BCUT2D eigenvalue weighted by Gasteiger charge is -2.23. The molecule has 0 aliphatic carbocycles. The van der Waals surface area contributed by atoms with E-state index < -0.39 is 6.09 Å². The van der Waals surface area contributed by atoms with Gasteiger partial charge in [-0.2, -0.15) is 0 Å². The van der Waals surface area contributed by atoms with Crippen molar-refractivity contribution in [1.82, 2.24) is 0 Å². The molecule has 0 aliphatic heterocycles. The Kier molecular flexibility index (Phi) is 5.77. The van der Waals surface area contributed by atoms with Crippen molar-refractivity contribution < 1.29 is 9.53 Å². The summed E-state index contributed by atoms with van der Waals surface area (Å²) in [6.07, 6.45) is 0.188. The van der Waals surface area contributed by atoms with Crippen LogP contribution in [0.3, 0.4) is 0 Å². The number of nitrogen functional groups attached to an aromatic ring is 1. The van der Waals surface area contributed by atoms with Crippen LogP contribution in [0.1, 0.15) is 5.56 Å². The predicted octanol–water partition coefficient (Wildman–Crippen LogP) is 5.17. The summed E-state index contributed by atoms with van der Waals surface area (Å²) in [4.78, 5) is 14.3. The van der Waals surface area contributed by atoms with Gasteiger partial charge in [-0.1, -0.05) is 60.1 Å². The summed E-state index contributed by atoms with van der Waals surface area (Å²) in [7, 11) is 0. The highest BCUT2D eigenvalue weighted by atomic mass is 35.5. The van der Waals surface area contributed by atoms with Gasteiger partial charge in [0.2, 0.25) is 0 Å². The van der Waals surface area contributed by atoms with Gasteiger partial charge in [0.1, 0.15) is 5.75 Å². The van der Waals surface area contributed by atoms with E-state index in [0.29, 0.717) is 35.1 Å². The molecule has 1 amide bonds. The molecule has 0 saturated heterocycles. The Morgan fingerprint density at radius 1 is 0.962 bits per heavy atom. The first kappa shape index (κ1) is 17.8. The number of rotatable bonds is 5. The van der Waals surface area contributed by atoms with E-state index in [0.717, 1.165) is 5.56 Å². The summed E-state index contributed by atoms with van der Waals surface area (Å²) in [6.45, 7) is 0.432. The second-order valence-electron chi connectivity index (χ2n) is 5.77. The third kappa shape index (κ3) is 4.55. The van der Waals surface area contributed by atoms with Crippen LogP contribution in [0.5, 0.6) is 5.75 Å². The predicted molar refractivity (Wildman–Crippen MR) is 106 cm³/mol. The molecular weight excluding hydrogens is 348 g/mol. The fourth-order valence-electron chi connectivity index (χ4n) is 2.61. The Hall–Kier alpha value is -2.98. The van der Waals surface area contributed by atoms with Crippen molar-refractivity contribution in [2.75, 3.05) is 17.2 Å². The normalized spacial score (nSPS) is 10.3. The lowest BCUT2D eigenvalue weighted by atomic mass is 10.1. The smallest absolute Gasteiger partial charge is 0.410 e. The van der Waals surface area contributed by atoms with Gasteiger partial charge < -0.3 is 10.5 Å². The maximum Gasteiger partial charge on any atom is 0.419 e. The van der Waals surface area contributed by atoms with Gasteiger partial charge >= 0.3 is 6.09 Å². The quantitative estimate of drug-likeness (QED) is 0.634. The number of hydrogen-bond acceptors (Lipinski definition) is 3. The van der Waals surface area contributed by atoms with Crippen LogP contribution in [-0.2, 0) is 6.42 Å². The van der Waals surface area contributed by atoms with Crippen LogP contribution in [0.2, 0.25) is 5.02 Å². The molecule has 0 fully saturated rings. The third-order valence-corrected chi connectivity index (χ3v) is 4.15. The van der Waals surface area contributed by atoms with Gasteiger partial charge in [-0.15, -0.1) is 0 Å². The lowest BCUT2D eigenvalue weighted by Crippen LogP contribution is -2.35. The summed E-state index contributed by atoms with van der Waals surface area (Å²) in [5, 5.41) is 0.519. The highest BCUT2D eigenvalue weighted by Crippen LogP contribution is 2.28. The summed E-state index contributed by atoms with van der Waals surface area (Å²) < 4.78 is 5.50. The van der Waals surface area contributed by atoms with Crippen molar-refractivity contribution in [1.29, 1.82) is 0 Å². The first-order chi connectivity index (χ1) is 12.6. The molecule has 4 nitrogen and oxygen atoms in total. The first-order valence-corrected chi connectivity index (χ1v) is 8.64. The average molecular weight is 367 g/mol. The van der Waals surface area contributed by atoms with Crippen LogP contribution >= 0.6 is 11.6 Å². The molecular formula is C21H19ClN2O2. The van der Waals surface area contributed by atoms with Gasteiger partial charge in [-0.25, -0.2) is 4.79 Å². The number of halogens is 1. The van der Waals surface area contributed by atoms with Crippen molar-refractivity contribution in [3.8, 4) is 5.75 Å². The molecule has 0 bridgehead atoms. The fourth-order valence-corrected chi connectivity index (χ4v) is 2.79. The van der Waals surface area contributed by atoms with Gasteiger partial charge in [-0.3, -0.25) is 4.90 Å². The van der Waals surface area contributed by atoms with Crippen LogP contribution in [0, 0.1) is 0 Å². The molecule has 0 heterocycles. The lowest BCUT2D eigenvalue weighted by molar-refractivity contribution is 0.207. The van der Waals surface area contributed by atoms with Crippen LogP contribution in [0.25, 0.3) is 0 Å². The van der Waals surface area contributed by atoms with E-state index in [-0.39, 0.29) is 0 Å². The topological polar surface area (TPSA) is 55.6 Å². The first-order valence-electron chi connectivity index (χ1n) is 8.27. The van der Waals surface area contributed by atoms with E-state index >= 15 is 0 Å². The Bertz CT molecular complexity index is 870. The number of hydrogen-bond donors (Lipinski definition) is 1. The van der Waals surface area contributed by atoms with Gasteiger partial charge in [0.15, 0.2) is 0 Å². The van der Waals surface area contributed by atoms with Crippen LogP contribution in [0.4, 0.5) is 16.2 Å². The molecule has 5 heteroatoms. The molecule has 2 N–H and O–H groups in total. The highest BCUT2D eigenvalue weighted by Gasteiger charge is 2.20. The van der Waals surface area contributed by atoms with Crippen LogP contribution in [-0.4, -0.2) is 12.6 Å². The SMILES string of the molecule is Nc1cc(Cl)ccc1N(CCc1ccccc1)C(=O)Oc1ccccc1. The molecule has 3 aromatic rings. The molecule has 26 heavy (non-hydrogen) atoms. The molecule has 0 aromatic heterocycles. The second-order valence-corrected chi connectivity index (χ2v) is 6.21. The van der Waals surface area contributed by atoms with Crippen molar-refractivity contribution in [2.45, 2.75) is 6.42 Å². The molecule has 0 unspecified atom stereocenters. The zero-order chi connectivity index (χ0) is 18.4. The summed E-state index contributed by atoms with van der Waals surface area (Å²) in [6, 6.07) is 24.0. The number of nitrogens with zero attached hydrogens (tertiary/aromatic N) is 1. The Balaban J connectivity index is 1.84. The average Bonchev–Trinajstić information content (AvgIpc) is 2.65. The summed E-state index contributed by atoms with van der Waals surface area (Å²) >= 11 is 5.99. The van der Waals surface area contributed by atoms with Gasteiger partial charge in [0, 0.05) is 11.6 Å². The van der Waals surface area contributed by atoms with Crippen LogP contribution in [0.15, 0.2) is 78.9 Å². The van der Waals surface area contributed by atoms with E-state index in [9.17, 15) is 4.79 Å². The second kappa shape index (κ2) is 8.41. The Labute approximate surface area is 157 Å². The van der Waals surface area contributed by atoms with Gasteiger partial charge in [-0.05, 0) is 42.3 Å². The maximum atomic E-state index is 12.8. The largest absolute Gasteiger partial charge is 0.419 e. The minimum Gasteiger partial charge on any atom is -0.410 e. The number of anilines is 2. The molecule has 0 saturated carbocycles. The van der Waals surface area contributed by atoms with Crippen LogP contribution < -0.4 is 15.4 Å². The van der Waals surface area contributed by atoms with Gasteiger partial charge in [0.05, 0.1) is 11.4 Å². The molecule has 0 aliphatic rings. The molecule has 3 rings (SSSR count). The van der Waals surface area contributed by atoms with E-state index in [1.165, 1.54) is 4.90 Å². The minimum atomic E-state index is -0.485. The van der Waals surface area contributed by atoms with E-state index in [2.05, 4.69) is 0 Å². The summed E-state index contributed by atoms with van der Waals surface area (Å²) in [5.41, 5.74) is 8.21. The summed E-state index contributed by atoms with van der Waals surface area (Å²) in [5.74, 6) is 0.481. The number of carbonyl (C=O) groups is 1. The van der Waals surface area contributed by atoms with Crippen molar-refractivity contribution in [3.63, 3.8) is 0 Å². The minimum absolute atomic E-state index is 0.426. The number of nitrogens with two attached hydrogens (primary N) is 1. The number of ether oxygens (including phenoxy) is 1. The Morgan fingerprint density at radius 3 is 2.27 bits per heavy atom. The van der Waals surface area contributed by atoms with Gasteiger partial charge in [0.25, 0.3) is 0 Å². The molecule has 0 radical (unpaired) electrons. The number of benzene rings is 3. The molecule has 3 aromatic carbocycles. The Morgan fingerprint density at radius 2 is 1.62 bits per heavy atom. The van der Waals surface area contributed by atoms with Crippen molar-refractivity contribution in [2.24, 2.45) is 0 Å². The van der Waals surface area contributed by atoms with E-state index in [4.69, 9.17) is 22.1 Å². The maximum absolute atomic E-state index is 12.8. The molecule has 0 spiro atoms. The molecule has 0 atom stereocenters. The number of amides is 1. The molecule has 132 valence electrons. The van der Waals surface area contributed by atoms with Crippen molar-refractivity contribution in [3.05, 3.63) is 89.4 Å². The zero-order valence-electron chi connectivity index (χ0n) is 14.1. The highest BCUT2D eigenvalue weighted by molar-refractivity contribution is 6.31. The monoisotopic (exact) mass is 366 g/mol.